The van der Waals surface area contributed by atoms with Crippen molar-refractivity contribution in [3.8, 4) is 5.75 Å². The Morgan fingerprint density at radius 2 is 2.07 bits per heavy atom. The summed E-state index contributed by atoms with van der Waals surface area (Å²) in [4.78, 5) is 10.4. The summed E-state index contributed by atoms with van der Waals surface area (Å²) < 4.78 is 5.01. The van der Waals surface area contributed by atoms with Gasteiger partial charge >= 0.3 is 5.97 Å². The third kappa shape index (κ3) is 3.18. The summed E-state index contributed by atoms with van der Waals surface area (Å²) in [7, 11) is 1.46. The monoisotopic (exact) mass is 249 g/mol. The minimum atomic E-state index is -0.969. The zero-order chi connectivity index (χ0) is 11.4. The second-order valence-electron chi connectivity index (χ2n) is 2.71. The lowest BCUT2D eigenvalue weighted by molar-refractivity contribution is -0.134. The molecule has 0 spiro atoms. The molecule has 0 aliphatic carbocycles. The number of hydrogen-bond donors (Lipinski definition) is 2. The summed E-state index contributed by atoms with van der Waals surface area (Å²) in [5.41, 5.74) is 0.495. The predicted octanol–water partition coefficient (Wildman–Crippen LogP) is 2.50. The fraction of sp³-hybridized carbons (Fsp3) is 0.222. The standard InChI is InChI=1S/C9H9Cl2NO3/c1-15-8-3-6(11)5(10)2-7(8)12-4-9(13)14/h2-3,12H,4H2,1H3,(H,13,14). The molecule has 1 rings (SSSR count). The van der Waals surface area contributed by atoms with Crippen molar-refractivity contribution in [2.45, 2.75) is 0 Å². The molecule has 0 atom stereocenters. The summed E-state index contributed by atoms with van der Waals surface area (Å²) in [6.45, 7) is -0.214. The number of ether oxygens (including phenoxy) is 1. The maximum absolute atomic E-state index is 10.4. The van der Waals surface area contributed by atoms with Gasteiger partial charge in [-0.2, -0.15) is 0 Å². The number of rotatable bonds is 4. The van der Waals surface area contributed by atoms with E-state index in [0.29, 0.717) is 21.5 Å². The first kappa shape index (κ1) is 11.9. The highest BCUT2D eigenvalue weighted by Gasteiger charge is 2.08. The Balaban J connectivity index is 2.94. The average Bonchev–Trinajstić information content (AvgIpc) is 2.19. The Hall–Kier alpha value is -1.13. The van der Waals surface area contributed by atoms with Gasteiger partial charge < -0.3 is 15.2 Å². The number of halogens is 2. The van der Waals surface area contributed by atoms with Gasteiger partial charge in [0.15, 0.2) is 0 Å². The van der Waals surface area contributed by atoms with Crippen LogP contribution in [0.3, 0.4) is 0 Å². The maximum atomic E-state index is 10.4. The smallest absolute Gasteiger partial charge is 0.322 e. The predicted molar refractivity (Wildman–Crippen MR) is 59.1 cm³/mol. The number of methoxy groups -OCH3 is 1. The third-order valence-electron chi connectivity index (χ3n) is 1.67. The van der Waals surface area contributed by atoms with E-state index >= 15 is 0 Å². The van der Waals surface area contributed by atoms with Crippen LogP contribution in [0.2, 0.25) is 10.0 Å². The van der Waals surface area contributed by atoms with Crippen LogP contribution in [0.15, 0.2) is 12.1 Å². The Kier molecular flexibility index (Phi) is 4.05. The molecule has 0 radical (unpaired) electrons. The molecular formula is C9H9Cl2NO3. The largest absolute Gasteiger partial charge is 0.495 e. The van der Waals surface area contributed by atoms with Crippen LogP contribution in [-0.4, -0.2) is 24.7 Å². The molecule has 1 aromatic carbocycles. The van der Waals surface area contributed by atoms with E-state index in [-0.39, 0.29) is 6.54 Å². The lowest BCUT2D eigenvalue weighted by Gasteiger charge is -2.10. The topological polar surface area (TPSA) is 58.6 Å². The van der Waals surface area contributed by atoms with Gasteiger partial charge in [-0.15, -0.1) is 0 Å². The van der Waals surface area contributed by atoms with Crippen molar-refractivity contribution >= 4 is 34.9 Å². The molecule has 0 aromatic heterocycles. The molecule has 82 valence electrons. The molecule has 0 bridgehead atoms. The Morgan fingerprint density at radius 3 is 2.60 bits per heavy atom. The molecule has 0 aliphatic rings. The Bertz CT molecular complexity index is 382. The lowest BCUT2D eigenvalue weighted by Crippen LogP contribution is -2.12. The molecule has 15 heavy (non-hydrogen) atoms. The van der Waals surface area contributed by atoms with Crippen LogP contribution in [-0.2, 0) is 4.79 Å². The van der Waals surface area contributed by atoms with Gasteiger partial charge in [0, 0.05) is 6.07 Å². The summed E-state index contributed by atoms with van der Waals surface area (Å²) in [6, 6.07) is 3.04. The second-order valence-corrected chi connectivity index (χ2v) is 3.53. The highest BCUT2D eigenvalue weighted by molar-refractivity contribution is 6.42. The molecule has 0 saturated carbocycles. The van der Waals surface area contributed by atoms with Crippen molar-refractivity contribution in [1.82, 2.24) is 0 Å². The number of carboxylic acid groups (broad SMARTS) is 1. The van der Waals surface area contributed by atoms with E-state index in [4.69, 9.17) is 33.0 Å². The first-order valence-corrected chi connectivity index (χ1v) is 4.79. The normalized spacial score (nSPS) is 9.80. The highest BCUT2D eigenvalue weighted by atomic mass is 35.5. The molecule has 0 saturated heterocycles. The van der Waals surface area contributed by atoms with Crippen LogP contribution in [0.4, 0.5) is 5.69 Å². The fourth-order valence-corrected chi connectivity index (χ4v) is 1.32. The minimum absolute atomic E-state index is 0.214. The molecule has 6 heteroatoms. The fourth-order valence-electron chi connectivity index (χ4n) is 1.01. The van der Waals surface area contributed by atoms with Gasteiger partial charge in [-0.05, 0) is 6.07 Å². The van der Waals surface area contributed by atoms with E-state index in [1.54, 1.807) is 0 Å². The summed E-state index contributed by atoms with van der Waals surface area (Å²) >= 11 is 11.6. The van der Waals surface area contributed by atoms with Crippen LogP contribution in [0.5, 0.6) is 5.75 Å². The van der Waals surface area contributed by atoms with Crippen molar-refractivity contribution in [2.24, 2.45) is 0 Å². The first-order valence-electron chi connectivity index (χ1n) is 4.03. The minimum Gasteiger partial charge on any atom is -0.495 e. The van der Waals surface area contributed by atoms with Crippen molar-refractivity contribution in [3.05, 3.63) is 22.2 Å². The average molecular weight is 250 g/mol. The zero-order valence-corrected chi connectivity index (χ0v) is 9.39. The van der Waals surface area contributed by atoms with Crippen LogP contribution >= 0.6 is 23.2 Å². The number of aliphatic carboxylic acids is 1. The Morgan fingerprint density at radius 1 is 1.47 bits per heavy atom. The maximum Gasteiger partial charge on any atom is 0.322 e. The molecule has 4 nitrogen and oxygen atoms in total. The van der Waals surface area contributed by atoms with Gasteiger partial charge in [-0.1, -0.05) is 23.2 Å². The molecule has 0 fully saturated rings. The van der Waals surface area contributed by atoms with Crippen molar-refractivity contribution in [1.29, 1.82) is 0 Å². The molecule has 1 aromatic rings. The van der Waals surface area contributed by atoms with E-state index in [0.717, 1.165) is 0 Å². The van der Waals surface area contributed by atoms with Crippen molar-refractivity contribution < 1.29 is 14.6 Å². The van der Waals surface area contributed by atoms with Crippen LogP contribution < -0.4 is 10.1 Å². The van der Waals surface area contributed by atoms with Crippen LogP contribution in [0, 0.1) is 0 Å². The zero-order valence-electron chi connectivity index (χ0n) is 7.88. The van der Waals surface area contributed by atoms with E-state index in [1.165, 1.54) is 19.2 Å². The molecule has 0 amide bonds. The number of benzene rings is 1. The second kappa shape index (κ2) is 5.09. The number of hydrogen-bond acceptors (Lipinski definition) is 3. The summed E-state index contributed by atoms with van der Waals surface area (Å²) in [5, 5.41) is 11.9. The van der Waals surface area contributed by atoms with Gasteiger partial charge in [0.1, 0.15) is 12.3 Å². The quantitative estimate of drug-likeness (QED) is 0.861. The molecule has 0 aliphatic heterocycles. The van der Waals surface area contributed by atoms with Crippen LogP contribution in [0.25, 0.3) is 0 Å². The molecular weight excluding hydrogens is 241 g/mol. The van der Waals surface area contributed by atoms with E-state index in [1.807, 2.05) is 0 Å². The Labute approximate surface area is 96.8 Å². The van der Waals surface area contributed by atoms with Gasteiger partial charge in [-0.3, -0.25) is 4.79 Å². The van der Waals surface area contributed by atoms with Gasteiger partial charge in [0.2, 0.25) is 0 Å². The van der Waals surface area contributed by atoms with E-state index < -0.39 is 5.97 Å². The number of carboxylic acids is 1. The number of carbonyl (C=O) groups is 1. The van der Waals surface area contributed by atoms with Gasteiger partial charge in [0.25, 0.3) is 0 Å². The third-order valence-corrected chi connectivity index (χ3v) is 2.39. The molecule has 2 N–H and O–H groups in total. The highest BCUT2D eigenvalue weighted by Crippen LogP contribution is 2.33. The molecule has 0 heterocycles. The number of anilines is 1. The molecule has 0 unspecified atom stereocenters. The lowest BCUT2D eigenvalue weighted by atomic mass is 10.3. The first-order chi connectivity index (χ1) is 7.04. The van der Waals surface area contributed by atoms with Crippen molar-refractivity contribution in [3.63, 3.8) is 0 Å². The van der Waals surface area contributed by atoms with Crippen LogP contribution in [0.1, 0.15) is 0 Å². The van der Waals surface area contributed by atoms with Gasteiger partial charge in [0.05, 0.1) is 22.8 Å². The van der Waals surface area contributed by atoms with E-state index in [2.05, 4.69) is 5.32 Å². The van der Waals surface area contributed by atoms with Crippen molar-refractivity contribution in [2.75, 3.05) is 19.0 Å². The summed E-state index contributed by atoms with van der Waals surface area (Å²) in [6.07, 6.45) is 0. The number of nitrogens with one attached hydrogen (secondary N) is 1. The SMILES string of the molecule is COc1cc(Cl)c(Cl)cc1NCC(=O)O. The van der Waals surface area contributed by atoms with E-state index in [9.17, 15) is 4.79 Å². The summed E-state index contributed by atoms with van der Waals surface area (Å²) in [5.74, 6) is -0.520. The van der Waals surface area contributed by atoms with Gasteiger partial charge in [-0.25, -0.2) is 0 Å².